The van der Waals surface area contributed by atoms with Crippen molar-refractivity contribution in [3.05, 3.63) is 319 Å². The molecule has 6 aromatic rings. The van der Waals surface area contributed by atoms with Gasteiger partial charge < -0.3 is 4.90 Å². The van der Waals surface area contributed by atoms with E-state index in [4.69, 9.17) is 0 Å². The predicted molar refractivity (Wildman–Crippen MR) is 333 cm³/mol. The number of hydrogen-bond donors (Lipinski definition) is 0. The first-order valence-corrected chi connectivity index (χ1v) is 27.2. The summed E-state index contributed by atoms with van der Waals surface area (Å²) in [6, 6.07) is 50.8. The molecule has 0 heterocycles. The molecule has 0 aliphatic heterocycles. The Morgan fingerprint density at radius 2 is 1.39 bits per heavy atom. The van der Waals surface area contributed by atoms with Crippen molar-refractivity contribution in [1.82, 2.24) is 0 Å². The van der Waals surface area contributed by atoms with Crippen molar-refractivity contribution in [2.75, 3.05) is 4.90 Å². The average Bonchev–Trinajstić information content (AvgIpc) is 3.84. The highest BCUT2D eigenvalue weighted by molar-refractivity contribution is 5.92. The summed E-state index contributed by atoms with van der Waals surface area (Å²) in [5, 5.41) is 0. The zero-order valence-electron chi connectivity index (χ0n) is 45.5. The van der Waals surface area contributed by atoms with Crippen LogP contribution >= 0.6 is 0 Å². The van der Waals surface area contributed by atoms with Crippen molar-refractivity contribution in [2.24, 2.45) is 0 Å². The molecule has 378 valence electrons. The fraction of sp³-hybridized carbons (Fsp3) is 0.160. The summed E-state index contributed by atoms with van der Waals surface area (Å²) in [6.07, 6.45) is 39.1. The quantitative estimate of drug-likeness (QED) is 0.0613. The minimum Gasteiger partial charge on any atom is -0.317 e. The van der Waals surface area contributed by atoms with Gasteiger partial charge in [-0.3, -0.25) is 0 Å². The van der Waals surface area contributed by atoms with Crippen LogP contribution in [0.25, 0.3) is 50.1 Å². The van der Waals surface area contributed by atoms with Crippen molar-refractivity contribution in [1.29, 1.82) is 0 Å². The molecule has 0 saturated carbocycles. The van der Waals surface area contributed by atoms with Crippen LogP contribution < -0.4 is 4.90 Å². The van der Waals surface area contributed by atoms with Crippen LogP contribution in [-0.2, 0) is 5.41 Å². The zero-order valence-corrected chi connectivity index (χ0v) is 45.5. The van der Waals surface area contributed by atoms with Crippen LogP contribution in [0.1, 0.15) is 99.6 Å². The van der Waals surface area contributed by atoms with Crippen molar-refractivity contribution < 1.29 is 0 Å². The number of fused-ring (bicyclic) bond motifs is 3. The number of hydrogen-bond acceptors (Lipinski definition) is 1. The van der Waals surface area contributed by atoms with Gasteiger partial charge in [-0.2, -0.15) is 0 Å². The van der Waals surface area contributed by atoms with Crippen LogP contribution in [0.2, 0.25) is 0 Å². The number of rotatable bonds is 18. The van der Waals surface area contributed by atoms with Crippen molar-refractivity contribution in [3.8, 4) is 33.4 Å². The Kier molecular flexibility index (Phi) is 18.2. The van der Waals surface area contributed by atoms with Crippen molar-refractivity contribution in [2.45, 2.75) is 78.6 Å². The maximum atomic E-state index is 4.40. The Morgan fingerprint density at radius 1 is 0.671 bits per heavy atom. The van der Waals surface area contributed by atoms with Gasteiger partial charge in [-0.1, -0.05) is 247 Å². The topological polar surface area (TPSA) is 3.24 Å². The summed E-state index contributed by atoms with van der Waals surface area (Å²) < 4.78 is 0. The molecular formula is C75H73N. The Morgan fingerprint density at radius 3 is 2.12 bits per heavy atom. The molecule has 6 aromatic carbocycles. The van der Waals surface area contributed by atoms with Gasteiger partial charge in [0.1, 0.15) is 0 Å². The lowest BCUT2D eigenvalue weighted by Crippen LogP contribution is -2.30. The molecule has 0 fully saturated rings. The third-order valence-corrected chi connectivity index (χ3v) is 14.7. The summed E-state index contributed by atoms with van der Waals surface area (Å²) in [6.45, 7) is 27.5. The van der Waals surface area contributed by atoms with Gasteiger partial charge in [0, 0.05) is 23.2 Å². The van der Waals surface area contributed by atoms with E-state index in [0.717, 1.165) is 88.9 Å². The first-order valence-electron chi connectivity index (χ1n) is 27.2. The maximum Gasteiger partial charge on any atom is 0.0710 e. The van der Waals surface area contributed by atoms with E-state index in [1.165, 1.54) is 55.7 Å². The molecule has 3 aliphatic rings. The first kappa shape index (κ1) is 53.8. The molecule has 0 aromatic heterocycles. The molecule has 1 atom stereocenters. The molecule has 1 heteroatoms. The van der Waals surface area contributed by atoms with Crippen LogP contribution in [0.4, 0.5) is 5.69 Å². The molecule has 76 heavy (non-hydrogen) atoms. The van der Waals surface area contributed by atoms with E-state index >= 15 is 0 Å². The van der Waals surface area contributed by atoms with Gasteiger partial charge in [0.2, 0.25) is 0 Å². The van der Waals surface area contributed by atoms with E-state index < -0.39 is 5.41 Å². The maximum absolute atomic E-state index is 4.40. The molecule has 1 unspecified atom stereocenters. The molecule has 0 saturated heterocycles. The highest BCUT2D eigenvalue weighted by Crippen LogP contribution is 2.58. The number of nitrogens with zero attached hydrogens (tertiary/aromatic N) is 1. The summed E-state index contributed by atoms with van der Waals surface area (Å²) in [5.74, 6) is 0. The second kappa shape index (κ2) is 25.6. The molecular weight excluding hydrogens is 915 g/mol. The lowest BCUT2D eigenvalue weighted by Gasteiger charge is -2.36. The van der Waals surface area contributed by atoms with E-state index in [9.17, 15) is 0 Å². The van der Waals surface area contributed by atoms with Gasteiger partial charge in [0.25, 0.3) is 0 Å². The fourth-order valence-electron chi connectivity index (χ4n) is 11.3. The fourth-order valence-corrected chi connectivity index (χ4v) is 11.3. The number of benzene rings is 6. The molecule has 0 amide bonds. The first-order chi connectivity index (χ1) is 37.4. The summed E-state index contributed by atoms with van der Waals surface area (Å²) in [5.41, 5.74) is 26.6. The Hall–Kier alpha value is -8.48. The van der Waals surface area contributed by atoms with Gasteiger partial charge in [0.15, 0.2) is 0 Å². The molecule has 1 nitrogen and oxygen atoms in total. The minimum absolute atomic E-state index is 0.452. The van der Waals surface area contributed by atoms with E-state index in [-0.39, 0.29) is 0 Å². The smallest absolute Gasteiger partial charge is 0.0710 e. The summed E-state index contributed by atoms with van der Waals surface area (Å²) in [7, 11) is 0. The monoisotopic (exact) mass is 988 g/mol. The largest absolute Gasteiger partial charge is 0.317 e. The van der Waals surface area contributed by atoms with Crippen LogP contribution in [0, 0.1) is 6.92 Å². The SMILES string of the molecule is C=C=C(/C=C(\C=C)N(/C=C\C(=C/C=C)c1ccccc1)c1cccc(-c2cccc(C)c2C2=C(CCC)CCC=C2)c1)c1ccc(-c2ccc3c(c2)-c2ccccc2C3(C2=CCCC=C2)C(/C=C\C)=C/C=C)cc1.CC. The zero-order chi connectivity index (χ0) is 53.4. The predicted octanol–water partition coefficient (Wildman–Crippen LogP) is 21.0. The van der Waals surface area contributed by atoms with Gasteiger partial charge >= 0.3 is 0 Å². The van der Waals surface area contributed by atoms with Crippen LogP contribution in [0.3, 0.4) is 0 Å². The molecule has 0 bridgehead atoms. The lowest BCUT2D eigenvalue weighted by atomic mass is 9.65. The Labute approximate surface area is 455 Å². The number of aryl methyl sites for hydroxylation is 1. The third-order valence-electron chi connectivity index (χ3n) is 14.7. The second-order valence-electron chi connectivity index (χ2n) is 19.2. The van der Waals surface area contributed by atoms with Crippen LogP contribution in [0.15, 0.2) is 285 Å². The average molecular weight is 988 g/mol. The van der Waals surface area contributed by atoms with E-state index in [1.807, 2.05) is 38.1 Å². The molecule has 0 N–H and O–H groups in total. The molecule has 0 radical (unpaired) electrons. The number of allylic oxidation sites excluding steroid dienone is 20. The highest BCUT2D eigenvalue weighted by atomic mass is 15.1. The van der Waals surface area contributed by atoms with Gasteiger partial charge in [-0.05, 0) is 171 Å². The summed E-state index contributed by atoms with van der Waals surface area (Å²) >= 11 is 0. The Bertz CT molecular complexity index is 3450. The van der Waals surface area contributed by atoms with Gasteiger partial charge in [-0.25, -0.2) is 0 Å². The molecule has 3 aliphatic carbocycles. The third kappa shape index (κ3) is 11.0. The van der Waals surface area contributed by atoms with E-state index in [1.54, 1.807) is 5.57 Å². The van der Waals surface area contributed by atoms with Gasteiger partial charge in [-0.15, -0.1) is 5.73 Å². The highest BCUT2D eigenvalue weighted by Gasteiger charge is 2.47. The van der Waals surface area contributed by atoms with Crippen LogP contribution in [-0.4, -0.2) is 0 Å². The van der Waals surface area contributed by atoms with Crippen LogP contribution in [0.5, 0.6) is 0 Å². The van der Waals surface area contributed by atoms with E-state index in [0.29, 0.717) is 0 Å². The summed E-state index contributed by atoms with van der Waals surface area (Å²) in [4.78, 5) is 2.22. The number of anilines is 1. The van der Waals surface area contributed by atoms with Gasteiger partial charge in [0.05, 0.1) is 5.41 Å². The van der Waals surface area contributed by atoms with Crippen molar-refractivity contribution in [3.63, 3.8) is 0 Å². The molecule has 0 spiro atoms. The lowest BCUT2D eigenvalue weighted by molar-refractivity contribution is 0.750. The van der Waals surface area contributed by atoms with E-state index in [2.05, 4.69) is 264 Å². The molecule has 9 rings (SSSR count). The van der Waals surface area contributed by atoms with Crippen molar-refractivity contribution >= 4 is 22.4 Å². The Balaban J connectivity index is 0.00000378. The standard InChI is InChI=1S/C73H67N.C2H6/c1-8-26-55(56-31-16-14-17-32-56)48-49-74(65-37-25-34-61(51-65)67-40-24-30-53(7)72(67)66-38-21-20-33-59(66)27-9-2)64(13-6)50-54(12-5)57-42-44-58(45-43-57)60-46-47-71-69(52-60)68-39-22-23-41-70(68)73(71,62(28-10-3)29-11-4)63-35-18-15-19-36-63;1-2/h8,10-11,13-14,16-18,21-26,28-32,34-52H,1,3,5-6,9,15,19-20,27,33H2,2,4,7H3;1-2H3/b29-11-,49-48-,55-26+,62-28+,64-50+;. The normalized spacial score (nSPS) is 16.1. The second-order valence-corrected chi connectivity index (χ2v) is 19.2. The minimum atomic E-state index is -0.452.